The van der Waals surface area contributed by atoms with E-state index in [-0.39, 0.29) is 47.8 Å². The van der Waals surface area contributed by atoms with E-state index in [1.54, 1.807) is 6.92 Å². The third-order valence-electron chi connectivity index (χ3n) is 10.3. The molecular weight excluding hydrogens is 594 g/mol. The number of hydrogen-bond acceptors (Lipinski definition) is 7. The number of amides is 2. The zero-order chi connectivity index (χ0) is 33.9. The number of fused-ring (bicyclic) bond motifs is 8. The fourth-order valence-electron chi connectivity index (χ4n) is 7.55. The fraction of sp³-hybridized carbons (Fsp3) is 0.459. The summed E-state index contributed by atoms with van der Waals surface area (Å²) in [4.78, 5) is 71.6. The summed E-state index contributed by atoms with van der Waals surface area (Å²) in [5, 5.41) is 0. The highest BCUT2D eigenvalue weighted by Gasteiger charge is 2.40. The average molecular weight is 638 g/mol. The van der Waals surface area contributed by atoms with Crippen molar-refractivity contribution < 1.29 is 23.9 Å². The average Bonchev–Trinajstić information content (AvgIpc) is 3.71. The lowest BCUT2D eigenvalue weighted by Crippen LogP contribution is -2.37. The highest BCUT2D eigenvalue weighted by atomic mass is 16.5. The van der Waals surface area contributed by atoms with Crippen molar-refractivity contribution in [2.24, 2.45) is 0 Å². The van der Waals surface area contributed by atoms with Gasteiger partial charge in [-0.3, -0.25) is 34.0 Å². The molecule has 3 aliphatic heterocycles. The van der Waals surface area contributed by atoms with Gasteiger partial charge >= 0.3 is 5.97 Å². The van der Waals surface area contributed by atoms with Crippen LogP contribution in [0, 0.1) is 13.8 Å². The summed E-state index contributed by atoms with van der Waals surface area (Å²) in [6, 6.07) is 5.92. The molecule has 3 aromatic rings. The monoisotopic (exact) mass is 637 g/mol. The maximum absolute atomic E-state index is 14.0. The number of nitrogens with zero attached hydrogens (tertiary/aromatic N) is 3. The molecule has 3 aliphatic rings. The number of aromatic amines is 2. The van der Waals surface area contributed by atoms with Gasteiger partial charge in [-0.25, -0.2) is 0 Å². The number of Topliss-reactive ketones (excluding diaryl/α,β-unsaturated/α-hetero) is 1. The SMILES string of the molecule is CCCOC(=O)CC[C@@H]1c2nc(cc3[nH]c(cc4nc(cc5[nH]c6c2C(=O)N(C)C(=O)c6c5C)[C@H](CC)[C@H]4C)c(C(C)=O)c3C)[C@H]1C. The van der Waals surface area contributed by atoms with Gasteiger partial charge in [0.1, 0.15) is 0 Å². The second-order valence-corrected chi connectivity index (χ2v) is 13.2. The Bertz CT molecular complexity index is 2000. The zero-order valence-corrected chi connectivity index (χ0v) is 28.5. The highest BCUT2D eigenvalue weighted by Crippen LogP contribution is 2.44. The molecule has 6 rings (SSSR count). The lowest BCUT2D eigenvalue weighted by molar-refractivity contribution is -0.143. The summed E-state index contributed by atoms with van der Waals surface area (Å²) in [7, 11) is 1.50. The molecule has 10 heteroatoms. The Labute approximate surface area is 274 Å². The van der Waals surface area contributed by atoms with Crippen LogP contribution in [0.25, 0.3) is 22.1 Å². The van der Waals surface area contributed by atoms with E-state index in [0.29, 0.717) is 52.0 Å². The van der Waals surface area contributed by atoms with Gasteiger partial charge < -0.3 is 14.7 Å². The molecule has 0 radical (unpaired) electrons. The third kappa shape index (κ3) is 5.27. The number of nitrogens with one attached hydrogen (secondary N) is 2. The van der Waals surface area contributed by atoms with Crippen LogP contribution in [0.5, 0.6) is 0 Å². The van der Waals surface area contributed by atoms with Crippen molar-refractivity contribution in [2.75, 3.05) is 13.7 Å². The summed E-state index contributed by atoms with van der Waals surface area (Å²) >= 11 is 0. The Hall–Kier alpha value is -4.60. The van der Waals surface area contributed by atoms with E-state index in [0.717, 1.165) is 51.5 Å². The number of esters is 1. The fourth-order valence-corrected chi connectivity index (χ4v) is 7.55. The molecule has 0 fully saturated rings. The Morgan fingerprint density at radius 1 is 0.851 bits per heavy atom. The van der Waals surface area contributed by atoms with Gasteiger partial charge in [0, 0.05) is 70.8 Å². The first-order valence-corrected chi connectivity index (χ1v) is 16.6. The molecule has 47 heavy (non-hydrogen) atoms. The van der Waals surface area contributed by atoms with E-state index in [1.165, 1.54) is 7.05 Å². The van der Waals surface area contributed by atoms with E-state index >= 15 is 0 Å². The number of ether oxygens (including phenoxy) is 1. The Balaban J connectivity index is 1.74. The maximum Gasteiger partial charge on any atom is 0.305 e. The number of aromatic nitrogens is 4. The summed E-state index contributed by atoms with van der Waals surface area (Å²) in [5.41, 5.74) is 8.55. The van der Waals surface area contributed by atoms with Gasteiger partial charge in [-0.1, -0.05) is 27.7 Å². The van der Waals surface area contributed by atoms with Gasteiger partial charge in [0.05, 0.1) is 34.5 Å². The molecule has 0 saturated carbocycles. The molecule has 2 amide bonds. The number of ketones is 1. The van der Waals surface area contributed by atoms with E-state index < -0.39 is 5.91 Å². The van der Waals surface area contributed by atoms with Crippen LogP contribution in [0.2, 0.25) is 0 Å². The van der Waals surface area contributed by atoms with Gasteiger partial charge in [-0.15, -0.1) is 0 Å². The Morgan fingerprint density at radius 3 is 2.15 bits per heavy atom. The molecule has 0 unspecified atom stereocenters. The largest absolute Gasteiger partial charge is 0.466 e. The van der Waals surface area contributed by atoms with Crippen molar-refractivity contribution in [3.05, 3.63) is 68.8 Å². The second kappa shape index (κ2) is 12.2. The first-order chi connectivity index (χ1) is 22.4. The summed E-state index contributed by atoms with van der Waals surface area (Å²) < 4.78 is 5.38. The number of H-pyrrole nitrogens is 2. The molecule has 4 atom stereocenters. The quantitative estimate of drug-likeness (QED) is 0.158. The van der Waals surface area contributed by atoms with Gasteiger partial charge in [0.25, 0.3) is 11.8 Å². The van der Waals surface area contributed by atoms with Gasteiger partial charge in [0.15, 0.2) is 5.78 Å². The predicted molar refractivity (Wildman–Crippen MR) is 180 cm³/mol. The van der Waals surface area contributed by atoms with Crippen molar-refractivity contribution in [1.82, 2.24) is 24.8 Å². The van der Waals surface area contributed by atoms with Crippen LogP contribution in [0.15, 0.2) is 18.2 Å². The predicted octanol–water partition coefficient (Wildman–Crippen LogP) is 7.28. The molecule has 8 bridgehead atoms. The minimum absolute atomic E-state index is 0.0495. The van der Waals surface area contributed by atoms with E-state index in [1.807, 2.05) is 45.9 Å². The van der Waals surface area contributed by atoms with E-state index in [2.05, 4.69) is 23.8 Å². The smallest absolute Gasteiger partial charge is 0.305 e. The van der Waals surface area contributed by atoms with Gasteiger partial charge in [-0.2, -0.15) is 0 Å². The molecule has 2 N–H and O–H groups in total. The summed E-state index contributed by atoms with van der Waals surface area (Å²) in [6.45, 7) is 14.0. The number of rotatable bonds is 7. The standard InChI is InChI=1S/C37H43N5O5/c1-9-13-47-30(44)12-11-23-18(4)25-14-26-19(5)31(21(7)43)29(39-26)16-24-17(3)22(10-2)28(38-24)15-27-20(6)32-35(41-27)33(34(23)40-25)37(46)42(8)36(32)45/h14-18,22-23,39,41H,9-13H2,1-8H3/t17-,18+,22-,23+/m1/s1. The minimum atomic E-state index is -0.442. The van der Waals surface area contributed by atoms with Crippen LogP contribution in [0.3, 0.4) is 0 Å². The number of hydrogen-bond donors (Lipinski definition) is 2. The first-order valence-electron chi connectivity index (χ1n) is 16.6. The minimum Gasteiger partial charge on any atom is -0.466 e. The van der Waals surface area contributed by atoms with Crippen LogP contribution in [0.4, 0.5) is 0 Å². The van der Waals surface area contributed by atoms with Crippen LogP contribution >= 0.6 is 0 Å². The van der Waals surface area contributed by atoms with Crippen molar-refractivity contribution >= 4 is 45.6 Å². The molecule has 246 valence electrons. The first kappa shape index (κ1) is 32.3. The maximum atomic E-state index is 14.0. The zero-order valence-electron chi connectivity index (χ0n) is 28.5. The molecule has 3 aromatic heterocycles. The van der Waals surface area contributed by atoms with E-state index in [9.17, 15) is 19.2 Å². The Kier molecular flexibility index (Phi) is 8.40. The summed E-state index contributed by atoms with van der Waals surface area (Å²) in [6.07, 6.45) is 2.15. The van der Waals surface area contributed by atoms with Crippen LogP contribution in [-0.2, 0) is 9.53 Å². The number of carbonyl (C=O) groups excluding carboxylic acids is 4. The van der Waals surface area contributed by atoms with Gasteiger partial charge in [-0.05, 0) is 69.4 Å². The Morgan fingerprint density at radius 2 is 1.47 bits per heavy atom. The van der Waals surface area contributed by atoms with Gasteiger partial charge in [0.2, 0.25) is 0 Å². The van der Waals surface area contributed by atoms with Crippen molar-refractivity contribution in [3.8, 4) is 0 Å². The third-order valence-corrected chi connectivity index (χ3v) is 10.3. The van der Waals surface area contributed by atoms with Crippen LogP contribution in [0.1, 0.15) is 149 Å². The van der Waals surface area contributed by atoms with Crippen molar-refractivity contribution in [2.45, 2.75) is 97.8 Å². The molecule has 6 heterocycles. The molecule has 0 aromatic carbocycles. The lowest BCUT2D eigenvalue weighted by Gasteiger charge is -2.24. The molecular formula is C37H43N5O5. The normalized spacial score (nSPS) is 20.6. The molecule has 0 aliphatic carbocycles. The molecule has 0 saturated heterocycles. The highest BCUT2D eigenvalue weighted by molar-refractivity contribution is 6.23. The lowest BCUT2D eigenvalue weighted by atomic mass is 9.84. The topological polar surface area (TPSA) is 138 Å². The number of carbonyl (C=O) groups is 4. The number of imide groups is 1. The van der Waals surface area contributed by atoms with Crippen molar-refractivity contribution in [3.63, 3.8) is 0 Å². The molecule has 10 nitrogen and oxygen atoms in total. The molecule has 0 spiro atoms. The van der Waals surface area contributed by atoms with E-state index in [4.69, 9.17) is 14.7 Å². The number of aryl methyl sites for hydroxylation is 2. The van der Waals surface area contributed by atoms with Crippen LogP contribution < -0.4 is 0 Å². The summed E-state index contributed by atoms with van der Waals surface area (Å²) in [5.74, 6) is -1.42. The van der Waals surface area contributed by atoms with Crippen LogP contribution in [-0.4, -0.2) is 62.1 Å². The second-order valence-electron chi connectivity index (χ2n) is 13.2. The van der Waals surface area contributed by atoms with Crippen molar-refractivity contribution in [1.29, 1.82) is 0 Å².